The average molecular weight is 747 g/mol. The van der Waals surface area contributed by atoms with E-state index < -0.39 is 23.9 Å². The van der Waals surface area contributed by atoms with Crippen LogP contribution in [0.15, 0.2) is 70.7 Å². The third-order valence-corrected chi connectivity index (χ3v) is 10.5. The second-order valence-electron chi connectivity index (χ2n) is 12.0. The monoisotopic (exact) mass is 746 g/mol. The molecule has 2 atom stereocenters. The third-order valence-electron chi connectivity index (χ3n) is 8.03. The van der Waals surface area contributed by atoms with Crippen molar-refractivity contribution in [3.8, 4) is 0 Å². The standard InChI is InChI=1S/C36H42N8O6S2/c1-21(45)43-27(33(37)47)11-3-5-17-41-35(49)25-13-15-29(31-23(25)9-7-19-39-31)51-52-30-16-14-26(24-10-8-20-40-32(24)30)36(50)42-18-6-4-12-28(34(38)48)44-22(2)46/h7-10,13-16,19-20,27-28H,3-6,11-12,17-18H2,1-2H3,(H2,37,47)(H2,38,48)(H,41,49)(H,42,50)(H,43,45)(H,44,46)/t27-,28+. The molecule has 14 nitrogen and oxygen atoms in total. The topological polar surface area (TPSA) is 228 Å². The van der Waals surface area contributed by atoms with E-state index in [1.165, 1.54) is 35.4 Å². The van der Waals surface area contributed by atoms with Crippen molar-refractivity contribution >= 4 is 78.8 Å². The highest BCUT2D eigenvalue weighted by atomic mass is 33.1. The van der Waals surface area contributed by atoms with Crippen molar-refractivity contribution in [3.05, 3.63) is 72.1 Å². The Balaban J connectivity index is 1.37. The van der Waals surface area contributed by atoms with Gasteiger partial charge in [-0.15, -0.1) is 0 Å². The van der Waals surface area contributed by atoms with Gasteiger partial charge in [0, 0.05) is 71.0 Å². The quantitative estimate of drug-likeness (QED) is 0.0606. The number of nitrogens with two attached hydrogens (primary N) is 2. The fourth-order valence-corrected chi connectivity index (χ4v) is 7.77. The Bertz CT molecular complexity index is 1820. The maximum absolute atomic E-state index is 13.2. The lowest BCUT2D eigenvalue weighted by molar-refractivity contribution is -0.126. The maximum Gasteiger partial charge on any atom is 0.251 e. The molecule has 0 fully saturated rings. The molecule has 0 aliphatic rings. The predicted molar refractivity (Wildman–Crippen MR) is 201 cm³/mol. The van der Waals surface area contributed by atoms with Gasteiger partial charge in [-0.25, -0.2) is 0 Å². The molecule has 0 unspecified atom stereocenters. The highest BCUT2D eigenvalue weighted by Crippen LogP contribution is 2.43. The summed E-state index contributed by atoms with van der Waals surface area (Å²) >= 11 is 0. The molecule has 52 heavy (non-hydrogen) atoms. The van der Waals surface area contributed by atoms with Gasteiger partial charge in [0.1, 0.15) is 12.1 Å². The Morgan fingerprint density at radius 3 is 1.38 bits per heavy atom. The van der Waals surface area contributed by atoms with Gasteiger partial charge in [-0.3, -0.25) is 38.7 Å². The number of nitrogens with zero attached hydrogens (tertiary/aromatic N) is 2. The normalized spacial score (nSPS) is 12.1. The number of benzene rings is 2. The van der Waals surface area contributed by atoms with Gasteiger partial charge in [0.2, 0.25) is 23.6 Å². The smallest absolute Gasteiger partial charge is 0.251 e. The van der Waals surface area contributed by atoms with E-state index in [9.17, 15) is 28.8 Å². The van der Waals surface area contributed by atoms with Crippen molar-refractivity contribution in [2.24, 2.45) is 11.5 Å². The summed E-state index contributed by atoms with van der Waals surface area (Å²) in [7, 11) is 2.94. The van der Waals surface area contributed by atoms with Crippen molar-refractivity contribution in [2.45, 2.75) is 74.2 Å². The Morgan fingerprint density at radius 2 is 1.02 bits per heavy atom. The summed E-state index contributed by atoms with van der Waals surface area (Å²) < 4.78 is 0. The lowest BCUT2D eigenvalue weighted by Crippen LogP contribution is -2.43. The Hall–Kier alpha value is -5.22. The zero-order chi connectivity index (χ0) is 37.6. The molecule has 0 saturated carbocycles. The van der Waals surface area contributed by atoms with Crippen LogP contribution in [0.1, 0.15) is 73.1 Å². The van der Waals surface area contributed by atoms with Crippen LogP contribution in [0.25, 0.3) is 21.8 Å². The summed E-state index contributed by atoms with van der Waals surface area (Å²) in [6, 6.07) is 13.0. The maximum atomic E-state index is 13.2. The second kappa shape index (κ2) is 19.4. The first-order valence-electron chi connectivity index (χ1n) is 16.8. The zero-order valence-electron chi connectivity index (χ0n) is 28.9. The van der Waals surface area contributed by atoms with Crippen LogP contribution in [0.5, 0.6) is 0 Å². The largest absolute Gasteiger partial charge is 0.368 e. The van der Waals surface area contributed by atoms with Gasteiger partial charge in [0.05, 0.1) is 11.0 Å². The van der Waals surface area contributed by atoms with Gasteiger partial charge in [0.15, 0.2) is 0 Å². The minimum Gasteiger partial charge on any atom is -0.368 e. The molecule has 0 radical (unpaired) electrons. The molecule has 274 valence electrons. The second-order valence-corrected chi connectivity index (χ2v) is 14.2. The van der Waals surface area contributed by atoms with Crippen LogP contribution < -0.4 is 32.7 Å². The van der Waals surface area contributed by atoms with Crippen LogP contribution in [0.4, 0.5) is 0 Å². The van der Waals surface area contributed by atoms with Crippen molar-refractivity contribution in [1.29, 1.82) is 0 Å². The van der Waals surface area contributed by atoms with Crippen molar-refractivity contribution in [1.82, 2.24) is 31.2 Å². The van der Waals surface area contributed by atoms with Crippen LogP contribution in [0, 0.1) is 0 Å². The molecular weight excluding hydrogens is 705 g/mol. The molecule has 0 spiro atoms. The summed E-state index contributed by atoms with van der Waals surface area (Å²) in [6.07, 6.45) is 6.47. The molecule has 2 heterocycles. The van der Waals surface area contributed by atoms with Crippen LogP contribution in [-0.4, -0.2) is 70.6 Å². The van der Waals surface area contributed by atoms with E-state index >= 15 is 0 Å². The minimum atomic E-state index is -0.743. The number of fused-ring (bicyclic) bond motifs is 2. The van der Waals surface area contributed by atoms with E-state index in [4.69, 9.17) is 11.5 Å². The summed E-state index contributed by atoms with van der Waals surface area (Å²) in [5, 5.41) is 12.3. The number of carbonyl (C=O) groups is 6. The fraction of sp³-hybridized carbons (Fsp3) is 0.333. The van der Waals surface area contributed by atoms with E-state index in [-0.39, 0.29) is 23.6 Å². The van der Waals surface area contributed by atoms with Crippen LogP contribution in [0.2, 0.25) is 0 Å². The van der Waals surface area contributed by atoms with Gasteiger partial charge in [-0.1, -0.05) is 33.7 Å². The number of unbranched alkanes of at least 4 members (excludes halogenated alkanes) is 2. The zero-order valence-corrected chi connectivity index (χ0v) is 30.5. The van der Waals surface area contributed by atoms with E-state index in [0.717, 1.165) is 9.79 Å². The first-order chi connectivity index (χ1) is 25.0. The van der Waals surface area contributed by atoms with E-state index in [0.29, 0.717) is 84.5 Å². The van der Waals surface area contributed by atoms with Crippen LogP contribution in [0.3, 0.4) is 0 Å². The van der Waals surface area contributed by atoms with Crippen molar-refractivity contribution in [3.63, 3.8) is 0 Å². The lowest BCUT2D eigenvalue weighted by Gasteiger charge is -2.14. The van der Waals surface area contributed by atoms with E-state index in [1.54, 1.807) is 36.7 Å². The van der Waals surface area contributed by atoms with Gasteiger partial charge in [0.25, 0.3) is 11.8 Å². The van der Waals surface area contributed by atoms with Crippen molar-refractivity contribution in [2.75, 3.05) is 13.1 Å². The number of nitrogens with one attached hydrogen (secondary N) is 4. The van der Waals surface area contributed by atoms with Crippen LogP contribution >= 0.6 is 21.6 Å². The molecule has 0 aliphatic heterocycles. The number of primary amides is 2. The van der Waals surface area contributed by atoms with E-state index in [1.807, 2.05) is 24.3 Å². The molecule has 4 aromatic rings. The summed E-state index contributed by atoms with van der Waals surface area (Å²) in [5.41, 5.74) is 13.0. The number of hydrogen-bond acceptors (Lipinski definition) is 10. The minimum absolute atomic E-state index is 0.251. The molecule has 0 aliphatic carbocycles. The summed E-state index contributed by atoms with van der Waals surface area (Å²) in [6.45, 7) is 3.41. The molecule has 2 aromatic carbocycles. The molecule has 8 N–H and O–H groups in total. The third kappa shape index (κ3) is 11.1. The van der Waals surface area contributed by atoms with Crippen molar-refractivity contribution < 1.29 is 28.8 Å². The predicted octanol–water partition coefficient (Wildman–Crippen LogP) is 3.36. The van der Waals surface area contributed by atoms with Crippen LogP contribution in [-0.2, 0) is 19.2 Å². The van der Waals surface area contributed by atoms with Gasteiger partial charge in [-0.2, -0.15) is 0 Å². The first kappa shape index (κ1) is 39.6. The Morgan fingerprint density at radius 1 is 0.615 bits per heavy atom. The summed E-state index contributed by atoms with van der Waals surface area (Å²) in [4.78, 5) is 82.9. The number of aromatic nitrogens is 2. The molecule has 0 bridgehead atoms. The number of pyridine rings is 2. The number of hydrogen-bond donors (Lipinski definition) is 6. The highest BCUT2D eigenvalue weighted by Gasteiger charge is 2.19. The Labute approximate surface area is 308 Å². The molecule has 6 amide bonds. The molecule has 0 saturated heterocycles. The molecular formula is C36H42N8O6S2. The SMILES string of the molecule is CC(=O)N[C@@H](CCCCNC(=O)c1ccc(SSc2ccc(C(=O)NCCCC[C@@H](NC(C)=O)C(N)=O)c3cccnc23)c2ncccc12)C(N)=O. The number of carbonyl (C=O) groups excluding carboxylic acids is 6. The van der Waals surface area contributed by atoms with Gasteiger partial charge >= 0.3 is 0 Å². The van der Waals surface area contributed by atoms with Gasteiger partial charge < -0.3 is 32.7 Å². The van der Waals surface area contributed by atoms with Gasteiger partial charge in [-0.05, 0) is 74.9 Å². The molecule has 4 rings (SSSR count). The average Bonchev–Trinajstić information content (AvgIpc) is 3.11. The highest BCUT2D eigenvalue weighted by molar-refractivity contribution is 8.76. The lowest BCUT2D eigenvalue weighted by atomic mass is 10.1. The number of amides is 6. The number of rotatable bonds is 19. The molecule has 2 aromatic heterocycles. The fourth-order valence-electron chi connectivity index (χ4n) is 5.52. The van der Waals surface area contributed by atoms with E-state index in [2.05, 4.69) is 31.2 Å². The first-order valence-corrected chi connectivity index (χ1v) is 18.9. The Kier molecular flexibility index (Phi) is 14.8. The molecule has 16 heteroatoms. The summed E-state index contributed by atoms with van der Waals surface area (Å²) in [5.74, 6) is -2.35.